The maximum atomic E-state index is 12.5. The van der Waals surface area contributed by atoms with Crippen molar-refractivity contribution >= 4 is 5.91 Å². The summed E-state index contributed by atoms with van der Waals surface area (Å²) in [5.74, 6) is -0.0130. The Kier molecular flexibility index (Phi) is 4.00. The number of aryl methyl sites for hydroxylation is 1. The molecule has 0 saturated heterocycles. The van der Waals surface area contributed by atoms with E-state index in [0.29, 0.717) is 19.4 Å². The SMILES string of the molecule is COC1(C(=O)NCC2(C)CCCc3ccccc32)CC(N)C1. The van der Waals surface area contributed by atoms with Crippen LogP contribution in [-0.4, -0.2) is 31.2 Å². The quantitative estimate of drug-likeness (QED) is 0.893. The Bertz CT molecular complexity index is 566. The van der Waals surface area contributed by atoms with Crippen LogP contribution in [0.5, 0.6) is 0 Å². The fourth-order valence-electron chi connectivity index (χ4n) is 3.98. The van der Waals surface area contributed by atoms with E-state index in [1.54, 1.807) is 7.11 Å². The molecule has 0 radical (unpaired) electrons. The number of nitrogens with two attached hydrogens (primary N) is 1. The molecule has 1 aromatic rings. The van der Waals surface area contributed by atoms with E-state index in [2.05, 4.69) is 36.5 Å². The number of amides is 1. The summed E-state index contributed by atoms with van der Waals surface area (Å²) in [7, 11) is 1.60. The summed E-state index contributed by atoms with van der Waals surface area (Å²) in [5, 5.41) is 3.13. The van der Waals surface area contributed by atoms with Crippen molar-refractivity contribution < 1.29 is 9.53 Å². The molecule has 1 fully saturated rings. The van der Waals surface area contributed by atoms with Crippen LogP contribution in [0.4, 0.5) is 0 Å². The molecule has 3 N–H and O–H groups in total. The van der Waals surface area contributed by atoms with Crippen molar-refractivity contribution in [1.29, 1.82) is 0 Å². The smallest absolute Gasteiger partial charge is 0.252 e. The number of hydrogen-bond acceptors (Lipinski definition) is 3. The first kappa shape index (κ1) is 15.5. The Morgan fingerprint density at radius 3 is 2.82 bits per heavy atom. The fraction of sp³-hybridized carbons (Fsp3) is 0.611. The summed E-state index contributed by atoms with van der Waals surface area (Å²) in [6.45, 7) is 2.90. The maximum absolute atomic E-state index is 12.5. The normalized spacial score (nSPS) is 33.7. The molecule has 2 aliphatic rings. The molecule has 1 atom stereocenters. The van der Waals surface area contributed by atoms with Gasteiger partial charge in [0.05, 0.1) is 0 Å². The summed E-state index contributed by atoms with van der Waals surface area (Å²) in [6, 6.07) is 8.67. The number of carbonyl (C=O) groups excluding carboxylic acids is 1. The highest BCUT2D eigenvalue weighted by atomic mass is 16.5. The van der Waals surface area contributed by atoms with Crippen LogP contribution in [0.1, 0.15) is 43.7 Å². The molecule has 0 spiro atoms. The maximum Gasteiger partial charge on any atom is 0.252 e. The first-order valence-corrected chi connectivity index (χ1v) is 8.16. The van der Waals surface area contributed by atoms with Gasteiger partial charge in [-0.25, -0.2) is 0 Å². The molecular formula is C18H26N2O2. The monoisotopic (exact) mass is 302 g/mol. The minimum Gasteiger partial charge on any atom is -0.368 e. The van der Waals surface area contributed by atoms with E-state index < -0.39 is 5.60 Å². The van der Waals surface area contributed by atoms with Gasteiger partial charge in [-0.3, -0.25) is 4.79 Å². The number of rotatable bonds is 4. The Balaban J connectivity index is 1.70. The third kappa shape index (κ3) is 2.55. The van der Waals surface area contributed by atoms with Gasteiger partial charge in [0, 0.05) is 38.0 Å². The van der Waals surface area contributed by atoms with Gasteiger partial charge in [0.1, 0.15) is 5.60 Å². The van der Waals surface area contributed by atoms with Gasteiger partial charge in [-0.1, -0.05) is 31.2 Å². The van der Waals surface area contributed by atoms with Crippen molar-refractivity contribution in [3.05, 3.63) is 35.4 Å². The van der Waals surface area contributed by atoms with Crippen LogP contribution >= 0.6 is 0 Å². The van der Waals surface area contributed by atoms with Crippen LogP contribution < -0.4 is 11.1 Å². The van der Waals surface area contributed by atoms with Gasteiger partial charge in [0.15, 0.2) is 0 Å². The van der Waals surface area contributed by atoms with Crippen molar-refractivity contribution in [3.8, 4) is 0 Å². The highest BCUT2D eigenvalue weighted by Crippen LogP contribution is 2.38. The van der Waals surface area contributed by atoms with Crippen molar-refractivity contribution in [1.82, 2.24) is 5.32 Å². The topological polar surface area (TPSA) is 64.3 Å². The summed E-state index contributed by atoms with van der Waals surface area (Å²) in [6.07, 6.45) is 4.63. The van der Waals surface area contributed by atoms with Crippen molar-refractivity contribution in [3.63, 3.8) is 0 Å². The standard InChI is InChI=1S/C18H26N2O2/c1-17(9-5-7-13-6-3-4-8-15(13)17)12-20-16(21)18(22-2)10-14(19)11-18/h3-4,6,8,14H,5,7,9-12,19H2,1-2H3,(H,20,21). The zero-order valence-corrected chi connectivity index (χ0v) is 13.5. The molecule has 4 heteroatoms. The van der Waals surface area contributed by atoms with Gasteiger partial charge >= 0.3 is 0 Å². The van der Waals surface area contributed by atoms with E-state index in [4.69, 9.17) is 10.5 Å². The minimum absolute atomic E-state index is 0.00526. The largest absolute Gasteiger partial charge is 0.368 e. The van der Waals surface area contributed by atoms with Crippen LogP contribution in [-0.2, 0) is 21.4 Å². The molecule has 22 heavy (non-hydrogen) atoms. The number of hydrogen-bond donors (Lipinski definition) is 2. The molecule has 0 bridgehead atoms. The third-order valence-corrected chi connectivity index (χ3v) is 5.47. The van der Waals surface area contributed by atoms with E-state index in [0.717, 1.165) is 12.8 Å². The van der Waals surface area contributed by atoms with Crippen LogP contribution in [0, 0.1) is 0 Å². The second-order valence-corrected chi connectivity index (χ2v) is 7.12. The summed E-state index contributed by atoms with van der Waals surface area (Å²) in [5.41, 5.74) is 7.92. The Hall–Kier alpha value is -1.39. The predicted octanol–water partition coefficient (Wildman–Crippen LogP) is 1.90. The number of fused-ring (bicyclic) bond motifs is 1. The van der Waals surface area contributed by atoms with Crippen molar-refractivity contribution in [2.75, 3.05) is 13.7 Å². The summed E-state index contributed by atoms with van der Waals surface area (Å²) >= 11 is 0. The molecule has 120 valence electrons. The predicted molar refractivity (Wildman–Crippen MR) is 86.7 cm³/mol. The Morgan fingerprint density at radius 1 is 1.41 bits per heavy atom. The molecule has 1 unspecified atom stereocenters. The summed E-state index contributed by atoms with van der Waals surface area (Å²) < 4.78 is 5.46. The number of methoxy groups -OCH3 is 1. The van der Waals surface area contributed by atoms with E-state index in [1.165, 1.54) is 17.5 Å². The molecule has 3 rings (SSSR count). The lowest BCUT2D eigenvalue weighted by molar-refractivity contribution is -0.156. The van der Waals surface area contributed by atoms with E-state index in [-0.39, 0.29) is 17.4 Å². The third-order valence-electron chi connectivity index (χ3n) is 5.47. The number of benzene rings is 1. The Morgan fingerprint density at radius 2 is 2.14 bits per heavy atom. The number of carbonyl (C=O) groups is 1. The number of nitrogens with one attached hydrogen (secondary N) is 1. The zero-order chi connectivity index (χ0) is 15.8. The van der Waals surface area contributed by atoms with Crippen molar-refractivity contribution in [2.24, 2.45) is 5.73 Å². The molecule has 1 amide bonds. The van der Waals surface area contributed by atoms with Gasteiger partial charge in [0.25, 0.3) is 5.91 Å². The van der Waals surface area contributed by atoms with Crippen LogP contribution in [0.3, 0.4) is 0 Å². The van der Waals surface area contributed by atoms with E-state index in [1.807, 2.05) is 0 Å². The summed E-state index contributed by atoms with van der Waals surface area (Å²) in [4.78, 5) is 12.5. The van der Waals surface area contributed by atoms with Gasteiger partial charge in [-0.2, -0.15) is 0 Å². The lowest BCUT2D eigenvalue weighted by Gasteiger charge is -2.44. The minimum atomic E-state index is -0.704. The highest BCUT2D eigenvalue weighted by molar-refractivity contribution is 5.86. The van der Waals surface area contributed by atoms with Crippen LogP contribution in [0.25, 0.3) is 0 Å². The Labute approximate surface area is 132 Å². The molecule has 4 nitrogen and oxygen atoms in total. The first-order valence-electron chi connectivity index (χ1n) is 8.16. The molecule has 2 aliphatic carbocycles. The lowest BCUT2D eigenvalue weighted by atomic mass is 9.70. The molecular weight excluding hydrogens is 276 g/mol. The second-order valence-electron chi connectivity index (χ2n) is 7.12. The highest BCUT2D eigenvalue weighted by Gasteiger charge is 2.49. The van der Waals surface area contributed by atoms with Gasteiger partial charge in [-0.05, 0) is 30.4 Å². The average molecular weight is 302 g/mol. The number of ether oxygens (including phenoxy) is 1. The van der Waals surface area contributed by atoms with Gasteiger partial charge < -0.3 is 15.8 Å². The fourth-order valence-corrected chi connectivity index (χ4v) is 3.98. The van der Waals surface area contributed by atoms with Crippen LogP contribution in [0.2, 0.25) is 0 Å². The van der Waals surface area contributed by atoms with E-state index in [9.17, 15) is 4.79 Å². The van der Waals surface area contributed by atoms with Crippen LogP contribution in [0.15, 0.2) is 24.3 Å². The molecule has 1 saturated carbocycles. The van der Waals surface area contributed by atoms with Gasteiger partial charge in [0.2, 0.25) is 0 Å². The molecule has 0 heterocycles. The van der Waals surface area contributed by atoms with E-state index >= 15 is 0 Å². The zero-order valence-electron chi connectivity index (χ0n) is 13.5. The lowest BCUT2D eigenvalue weighted by Crippen LogP contribution is -2.62. The molecule has 0 aliphatic heterocycles. The average Bonchev–Trinajstić information content (AvgIpc) is 2.50. The van der Waals surface area contributed by atoms with Crippen molar-refractivity contribution in [2.45, 2.75) is 56.1 Å². The molecule has 1 aromatic carbocycles. The second kappa shape index (κ2) is 5.67. The molecule has 0 aromatic heterocycles. The van der Waals surface area contributed by atoms with Gasteiger partial charge in [-0.15, -0.1) is 0 Å². The first-order chi connectivity index (χ1) is 10.5.